The van der Waals surface area contributed by atoms with Crippen LogP contribution in [-0.2, 0) is 14.8 Å². The molecule has 0 atom stereocenters. The second kappa shape index (κ2) is 8.95. The fraction of sp³-hybridized carbons (Fsp3) is 0.261. The Morgan fingerprint density at radius 3 is 2.64 bits per heavy atom. The topological polar surface area (TPSA) is 103 Å². The van der Waals surface area contributed by atoms with Crippen molar-refractivity contribution in [3.63, 3.8) is 0 Å². The van der Waals surface area contributed by atoms with E-state index in [9.17, 15) is 13.2 Å². The van der Waals surface area contributed by atoms with Crippen LogP contribution in [0.4, 0.5) is 5.69 Å². The van der Waals surface area contributed by atoms with Crippen molar-refractivity contribution in [2.75, 3.05) is 4.72 Å². The summed E-state index contributed by atoms with van der Waals surface area (Å²) in [6.07, 6.45) is 4.34. The Labute approximate surface area is 195 Å². The number of benzene rings is 2. The van der Waals surface area contributed by atoms with Crippen molar-refractivity contribution in [1.29, 1.82) is 0 Å². The first-order chi connectivity index (χ1) is 16.0. The number of nitrogens with one attached hydrogen (secondary N) is 1. The molecule has 8 nitrogen and oxygen atoms in total. The number of rotatable bonds is 7. The summed E-state index contributed by atoms with van der Waals surface area (Å²) in [5.41, 5.74) is 2.86. The van der Waals surface area contributed by atoms with Gasteiger partial charge in [-0.15, -0.1) is 0 Å². The van der Waals surface area contributed by atoms with E-state index in [4.69, 9.17) is 9.84 Å². The minimum Gasteiger partial charge on any atom is -0.409 e. The Balaban J connectivity index is 1.59. The molecule has 0 spiro atoms. The quantitative estimate of drug-likeness (QED) is 0.381. The van der Waals surface area contributed by atoms with E-state index in [1.807, 2.05) is 36.4 Å². The maximum absolute atomic E-state index is 13.0. The molecule has 0 amide bonds. The normalized spacial score (nSPS) is 14.9. The molecule has 0 unspecified atom stereocenters. The van der Waals surface area contributed by atoms with E-state index in [0.717, 1.165) is 35.9 Å². The van der Waals surface area contributed by atoms with E-state index in [-0.39, 0.29) is 11.1 Å². The largest absolute Gasteiger partial charge is 0.409 e. The van der Waals surface area contributed by atoms with Gasteiger partial charge in [-0.25, -0.2) is 13.1 Å². The molecule has 1 fully saturated rings. The fourth-order valence-corrected chi connectivity index (χ4v) is 6.48. The lowest BCUT2D eigenvalue weighted by atomic mass is 10.0. The average Bonchev–Trinajstić information content (AvgIpc) is 3.45. The number of hydrogen-bond donors (Lipinski definition) is 1. The molecule has 5 rings (SSSR count). The van der Waals surface area contributed by atoms with E-state index in [0.29, 0.717) is 35.6 Å². The molecule has 1 N–H and O–H groups in total. The van der Waals surface area contributed by atoms with Gasteiger partial charge >= 0.3 is 0 Å². The average molecular weight is 483 g/mol. The van der Waals surface area contributed by atoms with Gasteiger partial charge in [0.15, 0.2) is 0 Å². The van der Waals surface area contributed by atoms with Crippen LogP contribution >= 0.6 is 11.3 Å². The zero-order valence-corrected chi connectivity index (χ0v) is 19.3. The molecule has 0 bridgehead atoms. The van der Waals surface area contributed by atoms with Crippen molar-refractivity contribution in [3.05, 3.63) is 53.9 Å². The molecule has 2 heterocycles. The summed E-state index contributed by atoms with van der Waals surface area (Å²) in [4.78, 5) is 15.0. The van der Waals surface area contributed by atoms with Crippen LogP contribution in [0.15, 0.2) is 53.9 Å². The summed E-state index contributed by atoms with van der Waals surface area (Å²) in [5.74, 6) is 0.184. The lowest BCUT2D eigenvalue weighted by Gasteiger charge is -2.22. The summed E-state index contributed by atoms with van der Waals surface area (Å²) in [6.45, 7) is 0.327. The molecule has 2 aromatic carbocycles. The Morgan fingerprint density at radius 2 is 1.88 bits per heavy atom. The molecule has 33 heavy (non-hydrogen) atoms. The fourth-order valence-electron chi connectivity index (χ4n) is 4.21. The van der Waals surface area contributed by atoms with Crippen LogP contribution < -0.4 is 9.46 Å². The molecule has 2 aromatic heterocycles. The third kappa shape index (κ3) is 4.36. The van der Waals surface area contributed by atoms with Gasteiger partial charge < -0.3 is 4.74 Å². The molecule has 0 saturated heterocycles. The minimum absolute atomic E-state index is 0.184. The number of aromatic nitrogens is 3. The zero-order valence-electron chi connectivity index (χ0n) is 17.7. The van der Waals surface area contributed by atoms with Gasteiger partial charge in [0.05, 0.1) is 21.8 Å². The van der Waals surface area contributed by atoms with Crippen molar-refractivity contribution in [2.45, 2.75) is 37.4 Å². The van der Waals surface area contributed by atoms with Crippen LogP contribution in [-0.4, -0.2) is 34.9 Å². The molecular weight excluding hydrogens is 460 g/mol. The number of carbonyl (C=O) groups excluding carboxylic acids is 1. The molecule has 1 aliphatic carbocycles. The molecule has 0 radical (unpaired) electrons. The molecule has 10 heteroatoms. The highest BCUT2D eigenvalue weighted by atomic mass is 32.2. The van der Waals surface area contributed by atoms with Crippen LogP contribution in [0.25, 0.3) is 27.3 Å². The van der Waals surface area contributed by atoms with Gasteiger partial charge in [-0.2, -0.15) is 10.1 Å². The number of carbonyl (C=O) groups is 1. The van der Waals surface area contributed by atoms with Gasteiger partial charge in [-0.05, 0) is 31.0 Å². The number of sulfonamides is 1. The lowest BCUT2D eigenvalue weighted by Crippen LogP contribution is -2.29. The van der Waals surface area contributed by atoms with Crippen molar-refractivity contribution < 1.29 is 17.9 Å². The smallest absolute Gasteiger partial charge is 0.299 e. The predicted octanol–water partition coefficient (Wildman–Crippen LogP) is 4.76. The second-order valence-electron chi connectivity index (χ2n) is 7.95. The number of nitrogens with zero attached hydrogens (tertiary/aromatic N) is 3. The Kier molecular flexibility index (Phi) is 5.86. The third-order valence-corrected chi connectivity index (χ3v) is 8.46. The van der Waals surface area contributed by atoms with Crippen LogP contribution in [0, 0.1) is 0 Å². The molecule has 170 valence electrons. The molecule has 1 saturated carbocycles. The number of anilines is 1. The van der Waals surface area contributed by atoms with Crippen LogP contribution in [0.2, 0.25) is 0 Å². The summed E-state index contributed by atoms with van der Waals surface area (Å²) >= 11 is 1.27. The highest BCUT2D eigenvalue weighted by Gasteiger charge is 2.27. The SMILES string of the molecule is O=COc1csc(-n2nc(-c3ccccc3)c3ccc(NS(=O)(=O)C4CCCCC4)cc32)n1. The molecular formula is C23H22N4O4S2. The van der Waals surface area contributed by atoms with Crippen molar-refractivity contribution in [1.82, 2.24) is 14.8 Å². The summed E-state index contributed by atoms with van der Waals surface area (Å²) in [5, 5.41) is 7.39. The maximum Gasteiger partial charge on any atom is 0.299 e. The van der Waals surface area contributed by atoms with Crippen LogP contribution in [0.1, 0.15) is 32.1 Å². The Hall–Kier alpha value is -3.24. The summed E-state index contributed by atoms with van der Waals surface area (Å²) in [6, 6.07) is 15.2. The van der Waals surface area contributed by atoms with Gasteiger partial charge in [-0.3, -0.25) is 9.52 Å². The standard InChI is InChI=1S/C23H22N4O4S2/c28-15-31-21-14-32-23(24-21)27-20-13-17(26-33(29,30)18-9-5-2-6-10-18)11-12-19(20)22(25-27)16-7-3-1-4-8-16/h1,3-4,7-8,11-15,18,26H,2,5-6,9-10H2. The van der Waals surface area contributed by atoms with E-state index < -0.39 is 10.0 Å². The lowest BCUT2D eigenvalue weighted by molar-refractivity contribution is -0.120. The van der Waals surface area contributed by atoms with Crippen molar-refractivity contribution >= 4 is 44.4 Å². The van der Waals surface area contributed by atoms with Gasteiger partial charge in [0.1, 0.15) is 5.69 Å². The first kappa shape index (κ1) is 21.6. The first-order valence-electron chi connectivity index (χ1n) is 10.7. The number of thiazole rings is 1. The van der Waals surface area contributed by atoms with E-state index in [1.165, 1.54) is 11.3 Å². The number of hydrogen-bond acceptors (Lipinski definition) is 7. The van der Waals surface area contributed by atoms with Gasteiger partial charge in [0, 0.05) is 10.9 Å². The summed E-state index contributed by atoms with van der Waals surface area (Å²) in [7, 11) is -3.48. The van der Waals surface area contributed by atoms with Gasteiger partial charge in [-0.1, -0.05) is 60.9 Å². The first-order valence-corrected chi connectivity index (χ1v) is 13.1. The number of ether oxygens (including phenoxy) is 1. The number of fused-ring (bicyclic) bond motifs is 1. The highest BCUT2D eigenvalue weighted by molar-refractivity contribution is 7.93. The monoisotopic (exact) mass is 482 g/mol. The van der Waals surface area contributed by atoms with Crippen molar-refractivity contribution in [3.8, 4) is 22.3 Å². The van der Waals surface area contributed by atoms with Crippen molar-refractivity contribution in [2.24, 2.45) is 0 Å². The molecule has 1 aliphatic rings. The van der Waals surface area contributed by atoms with E-state index >= 15 is 0 Å². The molecule has 0 aliphatic heterocycles. The highest BCUT2D eigenvalue weighted by Crippen LogP contribution is 2.34. The van der Waals surface area contributed by atoms with E-state index in [2.05, 4.69) is 9.71 Å². The van der Waals surface area contributed by atoms with E-state index in [1.54, 1.807) is 22.2 Å². The summed E-state index contributed by atoms with van der Waals surface area (Å²) < 4.78 is 35.2. The third-order valence-electron chi connectivity index (χ3n) is 5.80. The Bertz CT molecular complexity index is 1390. The Morgan fingerprint density at radius 1 is 1.09 bits per heavy atom. The maximum atomic E-state index is 13.0. The predicted molar refractivity (Wildman–Crippen MR) is 128 cm³/mol. The minimum atomic E-state index is -3.48. The van der Waals surface area contributed by atoms with Crippen LogP contribution in [0.5, 0.6) is 5.88 Å². The zero-order chi connectivity index (χ0) is 22.8. The van der Waals surface area contributed by atoms with Gasteiger partial charge in [0.25, 0.3) is 6.47 Å². The van der Waals surface area contributed by atoms with Gasteiger partial charge in [0.2, 0.25) is 21.0 Å². The second-order valence-corrected chi connectivity index (χ2v) is 10.7. The van der Waals surface area contributed by atoms with Crippen LogP contribution in [0.3, 0.4) is 0 Å². The molecule has 4 aromatic rings.